The second-order valence-electron chi connectivity index (χ2n) is 10.9. The van der Waals surface area contributed by atoms with E-state index in [-0.39, 0.29) is 24.0 Å². The molecule has 1 aromatic rings. The second-order valence-corrected chi connectivity index (χ2v) is 10.9. The number of benzene rings is 1. The van der Waals surface area contributed by atoms with Crippen molar-refractivity contribution in [1.82, 2.24) is 16.0 Å². The number of carbonyl (C=O) groups excluding carboxylic acids is 4. The molecule has 2 aliphatic heterocycles. The van der Waals surface area contributed by atoms with E-state index in [2.05, 4.69) is 16.0 Å². The third-order valence-corrected chi connectivity index (χ3v) is 7.87. The van der Waals surface area contributed by atoms with Crippen LogP contribution < -0.4 is 20.7 Å². The van der Waals surface area contributed by atoms with E-state index >= 15 is 0 Å². The van der Waals surface area contributed by atoms with Crippen molar-refractivity contribution in [2.24, 2.45) is 11.8 Å². The van der Waals surface area contributed by atoms with E-state index in [0.717, 1.165) is 37.7 Å². The molecule has 5 atom stereocenters. The SMILES string of the molecule is COc1ccc(C[C@H](NC(=O)[C@@H](C)NC(=O)[C@@H]2CCCOC2)C(=O)N[C@@H](CC2CCCC2)C(=O)C2CO2)cc1. The van der Waals surface area contributed by atoms with Crippen LogP contribution in [-0.2, 0) is 35.1 Å². The first-order valence-electron chi connectivity index (χ1n) is 14.1. The maximum absolute atomic E-state index is 13.6. The average Bonchev–Trinajstić information content (AvgIpc) is 3.68. The highest BCUT2D eigenvalue weighted by atomic mass is 16.6. The zero-order valence-electron chi connectivity index (χ0n) is 22.9. The van der Waals surface area contributed by atoms with Crippen LogP contribution in [0, 0.1) is 11.8 Å². The fourth-order valence-corrected chi connectivity index (χ4v) is 5.38. The molecule has 1 aromatic carbocycles. The summed E-state index contributed by atoms with van der Waals surface area (Å²) in [6.07, 6.45) is 6.18. The highest BCUT2D eigenvalue weighted by molar-refractivity contribution is 5.96. The minimum atomic E-state index is -0.942. The van der Waals surface area contributed by atoms with Crippen molar-refractivity contribution >= 4 is 23.5 Å². The second kappa shape index (κ2) is 13.9. The molecule has 2 saturated heterocycles. The highest BCUT2D eigenvalue weighted by Crippen LogP contribution is 2.30. The Bertz CT molecular complexity index is 999. The van der Waals surface area contributed by atoms with Crippen LogP contribution in [-0.4, -0.2) is 74.7 Å². The van der Waals surface area contributed by atoms with E-state index in [1.165, 1.54) is 0 Å². The van der Waals surface area contributed by atoms with Gasteiger partial charge in [-0.2, -0.15) is 0 Å². The van der Waals surface area contributed by atoms with E-state index in [9.17, 15) is 19.2 Å². The number of carbonyl (C=O) groups is 4. The third-order valence-electron chi connectivity index (χ3n) is 7.87. The maximum atomic E-state index is 13.6. The zero-order chi connectivity index (χ0) is 27.8. The molecule has 0 radical (unpaired) electrons. The average molecular weight is 544 g/mol. The number of hydrogen-bond donors (Lipinski definition) is 3. The van der Waals surface area contributed by atoms with Gasteiger partial charge in [0, 0.05) is 13.0 Å². The van der Waals surface area contributed by atoms with Gasteiger partial charge in [-0.3, -0.25) is 19.2 Å². The Hall–Kier alpha value is -2.98. The van der Waals surface area contributed by atoms with Crippen molar-refractivity contribution in [3.63, 3.8) is 0 Å². The number of nitrogens with one attached hydrogen (secondary N) is 3. The fourth-order valence-electron chi connectivity index (χ4n) is 5.38. The third kappa shape index (κ3) is 8.50. The standard InChI is InChI=1S/C29H41N3O7/c1-18(30-28(35)21-8-5-13-38-16-21)27(34)32-24(15-20-9-11-22(37-2)12-10-20)29(36)31-23(26(33)25-17-39-25)14-19-6-3-4-7-19/h9-12,18-19,21,23-25H,3-8,13-17H2,1-2H3,(H,30,35)(H,31,36)(H,32,34)/t18-,21-,23+,24+,25?/m1/s1. The van der Waals surface area contributed by atoms with Gasteiger partial charge in [0.2, 0.25) is 17.7 Å². The predicted molar refractivity (Wildman–Crippen MR) is 143 cm³/mol. The number of epoxide rings is 1. The van der Waals surface area contributed by atoms with Crippen molar-refractivity contribution in [3.8, 4) is 5.75 Å². The number of ketones is 1. The summed E-state index contributed by atoms with van der Waals surface area (Å²) in [5, 5.41) is 8.50. The maximum Gasteiger partial charge on any atom is 0.243 e. The van der Waals surface area contributed by atoms with E-state index in [1.807, 2.05) is 12.1 Å². The molecular formula is C29H41N3O7. The lowest BCUT2D eigenvalue weighted by molar-refractivity contribution is -0.135. The van der Waals surface area contributed by atoms with Crippen LogP contribution in [0.2, 0.25) is 0 Å². The summed E-state index contributed by atoms with van der Waals surface area (Å²) in [4.78, 5) is 52.3. The number of ether oxygens (including phenoxy) is 3. The Balaban J connectivity index is 1.44. The van der Waals surface area contributed by atoms with E-state index in [4.69, 9.17) is 14.2 Å². The molecule has 1 saturated carbocycles. The molecule has 10 heteroatoms. The lowest BCUT2D eigenvalue weighted by Gasteiger charge is -2.26. The van der Waals surface area contributed by atoms with Gasteiger partial charge in [-0.05, 0) is 49.8 Å². The molecule has 39 heavy (non-hydrogen) atoms. The van der Waals surface area contributed by atoms with Crippen LogP contribution in [0.3, 0.4) is 0 Å². The summed E-state index contributed by atoms with van der Waals surface area (Å²) in [5.74, 6) is -0.488. The van der Waals surface area contributed by atoms with Crippen LogP contribution in [0.4, 0.5) is 0 Å². The summed E-state index contributed by atoms with van der Waals surface area (Å²) in [6, 6.07) is 4.80. The topological polar surface area (TPSA) is 135 Å². The first-order chi connectivity index (χ1) is 18.8. The molecule has 3 amide bonds. The van der Waals surface area contributed by atoms with Crippen molar-refractivity contribution in [1.29, 1.82) is 0 Å². The van der Waals surface area contributed by atoms with Gasteiger partial charge in [0.15, 0.2) is 5.78 Å². The van der Waals surface area contributed by atoms with Crippen molar-refractivity contribution in [2.75, 3.05) is 26.9 Å². The molecule has 2 heterocycles. The molecule has 10 nitrogen and oxygen atoms in total. The van der Waals surface area contributed by atoms with Gasteiger partial charge in [-0.1, -0.05) is 37.8 Å². The molecule has 1 aliphatic carbocycles. The summed E-state index contributed by atoms with van der Waals surface area (Å²) in [5.41, 5.74) is 0.816. The summed E-state index contributed by atoms with van der Waals surface area (Å²) < 4.78 is 15.8. The van der Waals surface area contributed by atoms with E-state index in [0.29, 0.717) is 44.3 Å². The van der Waals surface area contributed by atoms with Gasteiger partial charge < -0.3 is 30.2 Å². The summed E-state index contributed by atoms with van der Waals surface area (Å²) >= 11 is 0. The largest absolute Gasteiger partial charge is 0.497 e. The Morgan fingerprint density at radius 1 is 0.923 bits per heavy atom. The van der Waals surface area contributed by atoms with Crippen LogP contribution in [0.15, 0.2) is 24.3 Å². The van der Waals surface area contributed by atoms with E-state index < -0.39 is 36.0 Å². The van der Waals surface area contributed by atoms with Gasteiger partial charge in [0.25, 0.3) is 0 Å². The van der Waals surface area contributed by atoms with Crippen LogP contribution >= 0.6 is 0 Å². The smallest absolute Gasteiger partial charge is 0.243 e. The van der Waals surface area contributed by atoms with Gasteiger partial charge in [-0.15, -0.1) is 0 Å². The van der Waals surface area contributed by atoms with Gasteiger partial charge in [-0.25, -0.2) is 0 Å². The lowest BCUT2D eigenvalue weighted by Crippen LogP contribution is -2.56. The zero-order valence-corrected chi connectivity index (χ0v) is 22.9. The first kappa shape index (κ1) is 29.0. The molecule has 3 fully saturated rings. The number of Topliss-reactive ketones (excluding diaryl/α,β-unsaturated/α-hetero) is 1. The Labute approximate surface area is 229 Å². The number of rotatable bonds is 13. The molecule has 0 spiro atoms. The Morgan fingerprint density at radius 3 is 2.23 bits per heavy atom. The molecule has 4 rings (SSSR count). The molecule has 1 unspecified atom stereocenters. The molecule has 0 aromatic heterocycles. The summed E-state index contributed by atoms with van der Waals surface area (Å²) in [7, 11) is 1.58. The molecule has 214 valence electrons. The van der Waals surface area contributed by atoms with Crippen LogP contribution in [0.5, 0.6) is 5.75 Å². The molecule has 0 bridgehead atoms. The summed E-state index contributed by atoms with van der Waals surface area (Å²) in [6.45, 7) is 2.95. The van der Waals surface area contributed by atoms with Crippen molar-refractivity contribution in [3.05, 3.63) is 29.8 Å². The van der Waals surface area contributed by atoms with E-state index in [1.54, 1.807) is 26.2 Å². The van der Waals surface area contributed by atoms with Gasteiger partial charge >= 0.3 is 0 Å². The number of methoxy groups -OCH3 is 1. The highest BCUT2D eigenvalue weighted by Gasteiger charge is 2.39. The predicted octanol–water partition coefficient (Wildman–Crippen LogP) is 1.69. The Kier molecular flexibility index (Phi) is 10.3. The van der Waals surface area contributed by atoms with Crippen molar-refractivity contribution < 1.29 is 33.4 Å². The quantitative estimate of drug-likeness (QED) is 0.322. The minimum absolute atomic E-state index is 0.111. The van der Waals surface area contributed by atoms with Gasteiger partial charge in [0.05, 0.1) is 32.3 Å². The van der Waals surface area contributed by atoms with Crippen molar-refractivity contribution in [2.45, 2.75) is 82.5 Å². The first-order valence-corrected chi connectivity index (χ1v) is 14.1. The van der Waals surface area contributed by atoms with Crippen LogP contribution in [0.1, 0.15) is 57.4 Å². The normalized spacial score (nSPS) is 23.2. The molecule has 3 aliphatic rings. The molecular weight excluding hydrogens is 502 g/mol. The van der Waals surface area contributed by atoms with Crippen LogP contribution in [0.25, 0.3) is 0 Å². The number of hydrogen-bond acceptors (Lipinski definition) is 7. The fraction of sp³-hybridized carbons (Fsp3) is 0.655. The monoisotopic (exact) mass is 543 g/mol. The minimum Gasteiger partial charge on any atom is -0.497 e. The lowest BCUT2D eigenvalue weighted by atomic mass is 9.94. The van der Waals surface area contributed by atoms with Gasteiger partial charge in [0.1, 0.15) is 23.9 Å². The molecule has 3 N–H and O–H groups in total. The number of amides is 3. The Morgan fingerprint density at radius 2 is 1.62 bits per heavy atom.